The van der Waals surface area contributed by atoms with Gasteiger partial charge in [-0.2, -0.15) is 0 Å². The van der Waals surface area contributed by atoms with Gasteiger partial charge in [0.05, 0.1) is 23.4 Å². The molecule has 0 unspecified atom stereocenters. The van der Waals surface area contributed by atoms with Crippen molar-refractivity contribution < 1.29 is 9.53 Å². The van der Waals surface area contributed by atoms with Gasteiger partial charge in [0, 0.05) is 24.4 Å². The van der Waals surface area contributed by atoms with E-state index in [-0.39, 0.29) is 17.6 Å². The van der Waals surface area contributed by atoms with Gasteiger partial charge in [-0.05, 0) is 24.7 Å². The van der Waals surface area contributed by atoms with Crippen molar-refractivity contribution in [3.63, 3.8) is 0 Å². The van der Waals surface area contributed by atoms with Crippen LogP contribution in [0.2, 0.25) is 0 Å². The molecule has 1 aromatic heterocycles. The second-order valence-electron chi connectivity index (χ2n) is 7.21. The highest BCUT2D eigenvalue weighted by Gasteiger charge is 2.35. The van der Waals surface area contributed by atoms with Crippen LogP contribution in [0.3, 0.4) is 0 Å². The number of aryl methyl sites for hydroxylation is 1. The SMILES string of the molecule is CCc1nc(CNC(=O)NC[C@@H]2CCCO[C@H]2C(C)(C)C)cs1. The summed E-state index contributed by atoms with van der Waals surface area (Å²) in [7, 11) is 0. The molecule has 1 aliphatic heterocycles. The Kier molecular flexibility index (Phi) is 6.41. The molecule has 2 N–H and O–H groups in total. The maximum Gasteiger partial charge on any atom is 0.315 e. The maximum absolute atomic E-state index is 12.0. The molecule has 1 fully saturated rings. The molecule has 0 bridgehead atoms. The predicted molar refractivity (Wildman–Crippen MR) is 93.6 cm³/mol. The lowest BCUT2D eigenvalue weighted by atomic mass is 9.78. The lowest BCUT2D eigenvalue weighted by molar-refractivity contribution is -0.0837. The number of amides is 2. The van der Waals surface area contributed by atoms with Crippen molar-refractivity contribution in [2.75, 3.05) is 13.2 Å². The Labute approximate surface area is 143 Å². The fourth-order valence-corrected chi connectivity index (χ4v) is 3.80. The average Bonchev–Trinajstić information content (AvgIpc) is 2.98. The smallest absolute Gasteiger partial charge is 0.315 e. The minimum absolute atomic E-state index is 0.0976. The standard InChI is InChI=1S/C17H29N3O2S/c1-5-14-20-13(11-23-14)10-19-16(21)18-9-12-7-6-8-22-15(12)17(2,3)4/h11-12,15H,5-10H2,1-4H3,(H2,18,19,21)/t12-,15+/m0/s1. The normalized spacial score (nSPS) is 21.9. The number of nitrogens with one attached hydrogen (secondary N) is 2. The fourth-order valence-electron chi connectivity index (χ4n) is 3.06. The first-order chi connectivity index (χ1) is 10.9. The van der Waals surface area contributed by atoms with Gasteiger partial charge in [0.2, 0.25) is 0 Å². The Morgan fingerprint density at radius 1 is 1.43 bits per heavy atom. The Bertz CT molecular complexity index is 510. The summed E-state index contributed by atoms with van der Waals surface area (Å²) < 4.78 is 5.95. The molecule has 1 aliphatic rings. The van der Waals surface area contributed by atoms with E-state index >= 15 is 0 Å². The topological polar surface area (TPSA) is 63.2 Å². The van der Waals surface area contributed by atoms with E-state index in [0.29, 0.717) is 19.0 Å². The lowest BCUT2D eigenvalue weighted by Gasteiger charge is -2.40. The Balaban J connectivity index is 1.76. The van der Waals surface area contributed by atoms with Gasteiger partial charge in [-0.25, -0.2) is 9.78 Å². The summed E-state index contributed by atoms with van der Waals surface area (Å²) in [4.78, 5) is 16.5. The quantitative estimate of drug-likeness (QED) is 0.865. The summed E-state index contributed by atoms with van der Waals surface area (Å²) in [6, 6.07) is -0.130. The van der Waals surface area contributed by atoms with E-state index < -0.39 is 0 Å². The van der Waals surface area contributed by atoms with E-state index in [9.17, 15) is 4.79 Å². The van der Waals surface area contributed by atoms with Crippen molar-refractivity contribution in [2.24, 2.45) is 11.3 Å². The van der Waals surface area contributed by atoms with E-state index in [1.54, 1.807) is 11.3 Å². The number of aromatic nitrogens is 1. The van der Waals surface area contributed by atoms with Crippen LogP contribution in [0.1, 0.15) is 51.2 Å². The second-order valence-corrected chi connectivity index (χ2v) is 8.15. The number of urea groups is 1. The molecule has 5 nitrogen and oxygen atoms in total. The first kappa shape index (κ1) is 18.2. The minimum Gasteiger partial charge on any atom is -0.377 e. The van der Waals surface area contributed by atoms with Crippen molar-refractivity contribution in [2.45, 2.75) is 59.6 Å². The molecular formula is C17H29N3O2S. The number of thiazole rings is 1. The molecule has 2 amide bonds. The van der Waals surface area contributed by atoms with Crippen LogP contribution in [0, 0.1) is 11.3 Å². The van der Waals surface area contributed by atoms with Crippen LogP contribution >= 0.6 is 11.3 Å². The van der Waals surface area contributed by atoms with Crippen molar-refractivity contribution >= 4 is 17.4 Å². The number of ether oxygens (including phenoxy) is 1. The van der Waals surface area contributed by atoms with Gasteiger partial charge >= 0.3 is 6.03 Å². The van der Waals surface area contributed by atoms with Gasteiger partial charge in [-0.3, -0.25) is 0 Å². The zero-order chi connectivity index (χ0) is 16.9. The molecule has 0 aromatic carbocycles. The maximum atomic E-state index is 12.0. The summed E-state index contributed by atoms with van der Waals surface area (Å²) in [5, 5.41) is 8.98. The van der Waals surface area contributed by atoms with E-state index in [0.717, 1.165) is 36.6 Å². The van der Waals surface area contributed by atoms with Gasteiger partial charge in [0.15, 0.2) is 0 Å². The van der Waals surface area contributed by atoms with Gasteiger partial charge in [-0.15, -0.1) is 11.3 Å². The van der Waals surface area contributed by atoms with E-state index in [1.165, 1.54) is 0 Å². The number of carbonyl (C=O) groups excluding carboxylic acids is 1. The highest BCUT2D eigenvalue weighted by Crippen LogP contribution is 2.33. The van der Waals surface area contributed by atoms with Crippen LogP contribution in [0.5, 0.6) is 0 Å². The summed E-state index contributed by atoms with van der Waals surface area (Å²) in [6.45, 7) is 10.6. The summed E-state index contributed by atoms with van der Waals surface area (Å²) in [5.41, 5.74) is 1.02. The molecule has 2 atom stereocenters. The van der Waals surface area contributed by atoms with Crippen LogP contribution < -0.4 is 10.6 Å². The predicted octanol–water partition coefficient (Wildman–Crippen LogP) is 3.35. The lowest BCUT2D eigenvalue weighted by Crippen LogP contribution is -2.46. The number of carbonyl (C=O) groups is 1. The highest BCUT2D eigenvalue weighted by molar-refractivity contribution is 7.09. The molecule has 0 aliphatic carbocycles. The van der Waals surface area contributed by atoms with Crippen LogP contribution in [0.4, 0.5) is 4.79 Å². The van der Waals surface area contributed by atoms with E-state index in [4.69, 9.17) is 4.74 Å². The molecule has 1 aromatic rings. The number of hydrogen-bond donors (Lipinski definition) is 2. The van der Waals surface area contributed by atoms with Crippen LogP contribution in [-0.4, -0.2) is 30.3 Å². The summed E-state index contributed by atoms with van der Waals surface area (Å²) in [6.07, 6.45) is 3.31. The van der Waals surface area contributed by atoms with Gasteiger partial charge < -0.3 is 15.4 Å². The van der Waals surface area contributed by atoms with E-state index in [1.807, 2.05) is 5.38 Å². The zero-order valence-electron chi connectivity index (χ0n) is 14.6. The molecule has 1 saturated heterocycles. The van der Waals surface area contributed by atoms with Crippen LogP contribution in [0.25, 0.3) is 0 Å². The van der Waals surface area contributed by atoms with Crippen molar-refractivity contribution in [1.82, 2.24) is 15.6 Å². The largest absolute Gasteiger partial charge is 0.377 e. The van der Waals surface area contributed by atoms with Crippen molar-refractivity contribution in [3.05, 3.63) is 16.1 Å². The average molecular weight is 340 g/mol. The Morgan fingerprint density at radius 2 is 2.22 bits per heavy atom. The molecule has 0 saturated carbocycles. The van der Waals surface area contributed by atoms with Crippen LogP contribution in [-0.2, 0) is 17.7 Å². The van der Waals surface area contributed by atoms with Gasteiger partial charge in [0.25, 0.3) is 0 Å². The first-order valence-electron chi connectivity index (χ1n) is 8.46. The third-order valence-corrected chi connectivity index (χ3v) is 5.20. The van der Waals surface area contributed by atoms with Crippen LogP contribution in [0.15, 0.2) is 5.38 Å². The molecule has 2 heterocycles. The van der Waals surface area contributed by atoms with Crippen molar-refractivity contribution in [1.29, 1.82) is 0 Å². The minimum atomic E-state index is -0.130. The number of rotatable bonds is 5. The molecule has 23 heavy (non-hydrogen) atoms. The number of hydrogen-bond acceptors (Lipinski definition) is 4. The Morgan fingerprint density at radius 3 is 2.87 bits per heavy atom. The molecular weight excluding hydrogens is 310 g/mol. The van der Waals surface area contributed by atoms with Gasteiger partial charge in [0.1, 0.15) is 0 Å². The zero-order valence-corrected chi connectivity index (χ0v) is 15.5. The first-order valence-corrected chi connectivity index (χ1v) is 9.34. The molecule has 0 spiro atoms. The number of nitrogens with zero attached hydrogens (tertiary/aromatic N) is 1. The van der Waals surface area contributed by atoms with Gasteiger partial charge in [-0.1, -0.05) is 27.7 Å². The Hall–Kier alpha value is -1.14. The van der Waals surface area contributed by atoms with E-state index in [2.05, 4.69) is 43.3 Å². The third kappa shape index (κ3) is 5.46. The van der Waals surface area contributed by atoms with Crippen molar-refractivity contribution in [3.8, 4) is 0 Å². The highest BCUT2D eigenvalue weighted by atomic mass is 32.1. The molecule has 0 radical (unpaired) electrons. The summed E-state index contributed by atoms with van der Waals surface area (Å²) >= 11 is 1.64. The monoisotopic (exact) mass is 339 g/mol. The molecule has 6 heteroatoms. The fraction of sp³-hybridized carbons (Fsp3) is 0.765. The summed E-state index contributed by atoms with van der Waals surface area (Å²) in [5.74, 6) is 0.375. The third-order valence-electron chi connectivity index (χ3n) is 4.16. The molecule has 130 valence electrons. The molecule has 2 rings (SSSR count). The second kappa shape index (κ2) is 8.11.